The lowest BCUT2D eigenvalue weighted by Gasteiger charge is -2.19. The van der Waals surface area contributed by atoms with Gasteiger partial charge in [-0.3, -0.25) is 4.79 Å². The Morgan fingerprint density at radius 2 is 2.13 bits per heavy atom. The SMILES string of the molecule is CCOCCOC(=O)C1CC2CCC1C2. The molecule has 0 aromatic rings. The minimum absolute atomic E-state index is 0.0157. The Hall–Kier alpha value is -0.570. The van der Waals surface area contributed by atoms with E-state index in [1.54, 1.807) is 0 Å². The molecule has 15 heavy (non-hydrogen) atoms. The molecule has 3 heteroatoms. The lowest BCUT2D eigenvalue weighted by atomic mass is 9.89. The molecule has 0 aromatic carbocycles. The Labute approximate surface area is 91.1 Å². The molecule has 2 aliphatic carbocycles. The van der Waals surface area contributed by atoms with Crippen molar-refractivity contribution in [3.8, 4) is 0 Å². The minimum atomic E-state index is 0.0157. The van der Waals surface area contributed by atoms with Crippen molar-refractivity contribution in [2.75, 3.05) is 19.8 Å². The second-order valence-corrected chi connectivity index (χ2v) is 4.65. The van der Waals surface area contributed by atoms with Gasteiger partial charge in [-0.15, -0.1) is 0 Å². The Balaban J connectivity index is 1.68. The molecule has 0 heterocycles. The first-order valence-corrected chi connectivity index (χ1v) is 6.05. The normalized spacial score (nSPS) is 33.3. The molecule has 2 rings (SSSR count). The van der Waals surface area contributed by atoms with E-state index in [1.165, 1.54) is 19.3 Å². The number of rotatable bonds is 5. The van der Waals surface area contributed by atoms with E-state index >= 15 is 0 Å². The van der Waals surface area contributed by atoms with E-state index in [9.17, 15) is 4.79 Å². The van der Waals surface area contributed by atoms with Crippen LogP contribution in [0, 0.1) is 17.8 Å². The average Bonchev–Trinajstić information content (AvgIpc) is 2.85. The van der Waals surface area contributed by atoms with Crippen molar-refractivity contribution in [2.45, 2.75) is 32.6 Å². The molecule has 2 saturated carbocycles. The Morgan fingerprint density at radius 1 is 1.27 bits per heavy atom. The quantitative estimate of drug-likeness (QED) is 0.516. The first-order chi connectivity index (χ1) is 7.31. The molecular weight excluding hydrogens is 192 g/mol. The summed E-state index contributed by atoms with van der Waals surface area (Å²) in [5, 5.41) is 0. The third-order valence-corrected chi connectivity index (χ3v) is 3.72. The first kappa shape index (κ1) is 10.9. The molecule has 0 aliphatic heterocycles. The molecule has 0 aromatic heterocycles. The van der Waals surface area contributed by atoms with Crippen LogP contribution in [0.4, 0.5) is 0 Å². The number of hydrogen-bond donors (Lipinski definition) is 0. The summed E-state index contributed by atoms with van der Waals surface area (Å²) < 4.78 is 10.3. The van der Waals surface area contributed by atoms with Gasteiger partial charge in [0.2, 0.25) is 0 Å². The minimum Gasteiger partial charge on any atom is -0.463 e. The maximum absolute atomic E-state index is 11.7. The van der Waals surface area contributed by atoms with E-state index < -0.39 is 0 Å². The van der Waals surface area contributed by atoms with Crippen molar-refractivity contribution >= 4 is 5.97 Å². The van der Waals surface area contributed by atoms with Gasteiger partial charge in [0.15, 0.2) is 0 Å². The zero-order chi connectivity index (χ0) is 10.7. The molecule has 0 N–H and O–H groups in total. The monoisotopic (exact) mass is 212 g/mol. The highest BCUT2D eigenvalue weighted by Crippen LogP contribution is 2.48. The van der Waals surface area contributed by atoms with Crippen LogP contribution < -0.4 is 0 Å². The Bertz CT molecular complexity index is 227. The van der Waals surface area contributed by atoms with Gasteiger partial charge in [-0.1, -0.05) is 6.42 Å². The predicted octanol–water partition coefficient (Wildman–Crippen LogP) is 2.00. The fourth-order valence-corrected chi connectivity index (χ4v) is 2.99. The van der Waals surface area contributed by atoms with Gasteiger partial charge in [0.05, 0.1) is 12.5 Å². The van der Waals surface area contributed by atoms with Crippen LogP contribution in [0.15, 0.2) is 0 Å². The van der Waals surface area contributed by atoms with Crippen LogP contribution in [0.25, 0.3) is 0 Å². The fraction of sp³-hybridized carbons (Fsp3) is 0.917. The average molecular weight is 212 g/mol. The summed E-state index contributed by atoms with van der Waals surface area (Å²) in [5.74, 6) is 1.64. The molecule has 0 spiro atoms. The van der Waals surface area contributed by atoms with E-state index in [4.69, 9.17) is 9.47 Å². The summed E-state index contributed by atoms with van der Waals surface area (Å²) in [5.41, 5.74) is 0. The fourth-order valence-electron chi connectivity index (χ4n) is 2.99. The van der Waals surface area contributed by atoms with Gasteiger partial charge in [-0.05, 0) is 38.0 Å². The largest absolute Gasteiger partial charge is 0.463 e. The summed E-state index contributed by atoms with van der Waals surface area (Å²) in [6.45, 7) is 3.58. The van der Waals surface area contributed by atoms with Gasteiger partial charge in [0.25, 0.3) is 0 Å². The lowest BCUT2D eigenvalue weighted by Crippen LogP contribution is -2.24. The van der Waals surface area contributed by atoms with Crippen LogP contribution in [0.3, 0.4) is 0 Å². The van der Waals surface area contributed by atoms with Gasteiger partial charge in [-0.2, -0.15) is 0 Å². The summed E-state index contributed by atoms with van der Waals surface area (Å²) >= 11 is 0. The van der Waals surface area contributed by atoms with E-state index in [2.05, 4.69) is 0 Å². The van der Waals surface area contributed by atoms with Crippen molar-refractivity contribution in [2.24, 2.45) is 17.8 Å². The zero-order valence-corrected chi connectivity index (χ0v) is 9.41. The molecule has 0 saturated heterocycles. The highest BCUT2D eigenvalue weighted by molar-refractivity contribution is 5.73. The third kappa shape index (κ3) is 2.51. The Morgan fingerprint density at radius 3 is 2.73 bits per heavy atom. The summed E-state index contributed by atoms with van der Waals surface area (Å²) in [4.78, 5) is 11.7. The lowest BCUT2D eigenvalue weighted by molar-refractivity contribution is -0.151. The van der Waals surface area contributed by atoms with Crippen LogP contribution in [-0.2, 0) is 14.3 Å². The molecule has 2 bridgehead atoms. The molecule has 3 unspecified atom stereocenters. The van der Waals surface area contributed by atoms with Crippen LogP contribution in [0.5, 0.6) is 0 Å². The molecule has 0 radical (unpaired) electrons. The van der Waals surface area contributed by atoms with E-state index in [1.807, 2.05) is 6.92 Å². The molecule has 86 valence electrons. The maximum atomic E-state index is 11.7. The van der Waals surface area contributed by atoms with Gasteiger partial charge < -0.3 is 9.47 Å². The van der Waals surface area contributed by atoms with Gasteiger partial charge >= 0.3 is 5.97 Å². The highest BCUT2D eigenvalue weighted by atomic mass is 16.6. The molecule has 0 amide bonds. The van der Waals surface area contributed by atoms with Crippen LogP contribution in [0.1, 0.15) is 32.6 Å². The second kappa shape index (κ2) is 4.97. The molecular formula is C12H20O3. The first-order valence-electron chi connectivity index (χ1n) is 6.05. The van der Waals surface area contributed by atoms with E-state index in [0.29, 0.717) is 25.7 Å². The maximum Gasteiger partial charge on any atom is 0.309 e. The number of fused-ring (bicyclic) bond motifs is 2. The standard InChI is InChI=1S/C12H20O3/c1-2-14-5-6-15-12(13)11-8-9-3-4-10(11)7-9/h9-11H,2-8H2,1H3. The van der Waals surface area contributed by atoms with E-state index in [-0.39, 0.29) is 11.9 Å². The molecule has 3 nitrogen and oxygen atoms in total. The van der Waals surface area contributed by atoms with Crippen LogP contribution in [0.2, 0.25) is 0 Å². The van der Waals surface area contributed by atoms with Gasteiger partial charge in [0.1, 0.15) is 6.61 Å². The Kier molecular flexibility index (Phi) is 3.62. The highest BCUT2D eigenvalue weighted by Gasteiger charge is 2.43. The van der Waals surface area contributed by atoms with Crippen molar-refractivity contribution in [1.29, 1.82) is 0 Å². The predicted molar refractivity (Wildman–Crippen MR) is 56.4 cm³/mol. The van der Waals surface area contributed by atoms with Gasteiger partial charge in [0, 0.05) is 6.61 Å². The van der Waals surface area contributed by atoms with Crippen LogP contribution >= 0.6 is 0 Å². The zero-order valence-electron chi connectivity index (χ0n) is 9.41. The molecule has 2 fully saturated rings. The van der Waals surface area contributed by atoms with Crippen molar-refractivity contribution in [1.82, 2.24) is 0 Å². The summed E-state index contributed by atoms with van der Waals surface area (Å²) in [6.07, 6.45) is 4.88. The van der Waals surface area contributed by atoms with Crippen molar-refractivity contribution in [3.63, 3.8) is 0 Å². The second-order valence-electron chi connectivity index (χ2n) is 4.65. The third-order valence-electron chi connectivity index (χ3n) is 3.72. The molecule has 2 aliphatic rings. The number of ether oxygens (including phenoxy) is 2. The molecule has 3 atom stereocenters. The summed E-state index contributed by atoms with van der Waals surface area (Å²) in [7, 11) is 0. The number of carbonyl (C=O) groups is 1. The van der Waals surface area contributed by atoms with Crippen molar-refractivity contribution < 1.29 is 14.3 Å². The smallest absolute Gasteiger partial charge is 0.309 e. The van der Waals surface area contributed by atoms with E-state index in [0.717, 1.165) is 12.3 Å². The topological polar surface area (TPSA) is 35.5 Å². The summed E-state index contributed by atoms with van der Waals surface area (Å²) in [6, 6.07) is 0. The van der Waals surface area contributed by atoms with Crippen LogP contribution in [-0.4, -0.2) is 25.8 Å². The van der Waals surface area contributed by atoms with Gasteiger partial charge in [-0.25, -0.2) is 0 Å². The number of esters is 1. The number of carbonyl (C=O) groups excluding carboxylic acids is 1. The van der Waals surface area contributed by atoms with Crippen molar-refractivity contribution in [3.05, 3.63) is 0 Å². The number of hydrogen-bond acceptors (Lipinski definition) is 3.